The number of thiazole rings is 1. The molecule has 2 amide bonds. The Kier molecular flexibility index (Phi) is 9.17. The molecule has 0 spiro atoms. The number of esters is 1. The van der Waals surface area contributed by atoms with E-state index in [1.54, 1.807) is 24.4 Å². The molecule has 0 radical (unpaired) electrons. The fraction of sp³-hybridized carbons (Fsp3) is 0.478. The zero-order valence-corrected chi connectivity index (χ0v) is 19.3. The van der Waals surface area contributed by atoms with Crippen molar-refractivity contribution in [1.29, 1.82) is 0 Å². The second-order valence-electron chi connectivity index (χ2n) is 7.74. The van der Waals surface area contributed by atoms with Crippen molar-refractivity contribution in [3.63, 3.8) is 0 Å². The maximum absolute atomic E-state index is 13.6. The highest BCUT2D eigenvalue weighted by Gasteiger charge is 2.24. The van der Waals surface area contributed by atoms with Gasteiger partial charge in [-0.2, -0.15) is 0 Å². The maximum Gasteiger partial charge on any atom is 0.306 e. The molecule has 0 saturated heterocycles. The van der Waals surface area contributed by atoms with Gasteiger partial charge < -0.3 is 20.1 Å². The molecule has 1 aliphatic carbocycles. The average molecular weight is 478 g/mol. The van der Waals surface area contributed by atoms with Crippen LogP contribution < -0.4 is 15.4 Å². The van der Waals surface area contributed by atoms with Crippen LogP contribution in [0, 0.1) is 5.82 Å². The molecular weight excluding hydrogens is 449 g/mol. The minimum atomic E-state index is -0.446. The quantitative estimate of drug-likeness (QED) is 0.508. The van der Waals surface area contributed by atoms with Gasteiger partial charge in [-0.25, -0.2) is 9.37 Å². The third-order valence-electron chi connectivity index (χ3n) is 5.26. The summed E-state index contributed by atoms with van der Waals surface area (Å²) in [7, 11) is 0. The van der Waals surface area contributed by atoms with Crippen molar-refractivity contribution >= 4 is 29.1 Å². The first-order valence-corrected chi connectivity index (χ1v) is 11.9. The zero-order valence-electron chi connectivity index (χ0n) is 18.5. The van der Waals surface area contributed by atoms with Crippen molar-refractivity contribution in [2.45, 2.75) is 64.1 Å². The zero-order chi connectivity index (χ0) is 23.6. The van der Waals surface area contributed by atoms with Crippen molar-refractivity contribution in [3.05, 3.63) is 46.2 Å². The number of ether oxygens (including phenoxy) is 2. The lowest BCUT2D eigenvalue weighted by atomic mass is 9.91. The lowest BCUT2D eigenvalue weighted by molar-refractivity contribution is -0.144. The molecule has 10 heteroatoms. The van der Waals surface area contributed by atoms with Gasteiger partial charge in [0, 0.05) is 23.9 Å². The van der Waals surface area contributed by atoms with Gasteiger partial charge in [-0.05, 0) is 44.7 Å². The summed E-state index contributed by atoms with van der Waals surface area (Å²) in [6.45, 7) is 2.12. The van der Waals surface area contributed by atoms with Gasteiger partial charge in [0.1, 0.15) is 17.3 Å². The Labute approximate surface area is 195 Å². The van der Waals surface area contributed by atoms with Crippen LogP contribution >= 0.6 is 11.3 Å². The van der Waals surface area contributed by atoms with Crippen LogP contribution in [0.2, 0.25) is 0 Å². The number of para-hydroxylation sites is 1. The van der Waals surface area contributed by atoms with Crippen LogP contribution in [-0.2, 0) is 20.9 Å². The first-order valence-electron chi connectivity index (χ1n) is 11.0. The second-order valence-corrected chi connectivity index (χ2v) is 8.68. The van der Waals surface area contributed by atoms with Gasteiger partial charge in [-0.3, -0.25) is 14.4 Å². The summed E-state index contributed by atoms with van der Waals surface area (Å²) in [4.78, 5) is 40.2. The molecule has 0 aliphatic heterocycles. The number of aromatic nitrogens is 1. The maximum atomic E-state index is 13.6. The molecule has 8 nitrogen and oxygen atoms in total. The number of carbonyl (C=O) groups excluding carboxylic acids is 3. The van der Waals surface area contributed by atoms with Crippen LogP contribution in [0.15, 0.2) is 29.6 Å². The monoisotopic (exact) mass is 477 g/mol. The molecule has 178 valence electrons. The van der Waals surface area contributed by atoms with Gasteiger partial charge in [0.05, 0.1) is 13.0 Å². The van der Waals surface area contributed by atoms with E-state index < -0.39 is 5.82 Å². The Hall–Kier alpha value is -3.01. The molecule has 1 fully saturated rings. The highest BCUT2D eigenvalue weighted by atomic mass is 32.1. The molecule has 1 saturated carbocycles. The first kappa shape index (κ1) is 24.6. The van der Waals surface area contributed by atoms with Gasteiger partial charge in [0.25, 0.3) is 5.91 Å². The Bertz CT molecular complexity index is 959. The van der Waals surface area contributed by atoms with Gasteiger partial charge in [0.2, 0.25) is 5.91 Å². The summed E-state index contributed by atoms with van der Waals surface area (Å²) in [5.74, 6) is -1.10. The molecule has 33 heavy (non-hydrogen) atoms. The molecule has 0 bridgehead atoms. The lowest BCUT2D eigenvalue weighted by Crippen LogP contribution is -2.43. The largest absolute Gasteiger partial charge is 0.483 e. The minimum absolute atomic E-state index is 0.00463. The van der Waals surface area contributed by atoms with E-state index in [9.17, 15) is 18.8 Å². The van der Waals surface area contributed by atoms with Gasteiger partial charge in [-0.1, -0.05) is 12.1 Å². The number of nitrogens with one attached hydrogen (secondary N) is 2. The third kappa shape index (κ3) is 7.81. The molecule has 0 atom stereocenters. The van der Waals surface area contributed by atoms with E-state index in [2.05, 4.69) is 15.6 Å². The standard InChI is InChI=1S/C23H28FN3O5S/c1-2-31-22(29)12-11-20(28)25-15-7-9-16(10-8-15)26-23(30)18-14-33-21(27-18)13-32-19-6-4-3-5-17(19)24/h3-6,14-16H,2,7-13H2,1H3,(H,25,28)(H,26,30). The summed E-state index contributed by atoms with van der Waals surface area (Å²) in [6, 6.07) is 6.17. The van der Waals surface area contributed by atoms with Crippen molar-refractivity contribution in [3.8, 4) is 5.75 Å². The van der Waals surface area contributed by atoms with Crippen molar-refractivity contribution in [2.75, 3.05) is 6.61 Å². The molecular formula is C23H28FN3O5S. The Morgan fingerprint density at radius 3 is 2.48 bits per heavy atom. The van der Waals surface area contributed by atoms with Crippen LogP contribution in [0.1, 0.15) is 60.9 Å². The predicted octanol–water partition coefficient (Wildman–Crippen LogP) is 3.36. The molecule has 1 aromatic carbocycles. The van der Waals surface area contributed by atoms with Crippen LogP contribution in [0.4, 0.5) is 4.39 Å². The SMILES string of the molecule is CCOC(=O)CCC(=O)NC1CCC(NC(=O)c2csc(COc3ccccc3F)n2)CC1. The molecule has 2 aromatic rings. The number of amides is 2. The number of hydrogen-bond acceptors (Lipinski definition) is 7. The van der Waals surface area contributed by atoms with E-state index >= 15 is 0 Å². The molecule has 0 unspecified atom stereocenters. The number of hydrogen-bond donors (Lipinski definition) is 2. The summed E-state index contributed by atoms with van der Waals surface area (Å²) in [6.07, 6.45) is 3.15. The van der Waals surface area contributed by atoms with E-state index in [1.165, 1.54) is 23.5 Å². The van der Waals surface area contributed by atoms with Gasteiger partial charge in [-0.15, -0.1) is 11.3 Å². The summed E-state index contributed by atoms with van der Waals surface area (Å²) in [5, 5.41) is 8.17. The number of rotatable bonds is 10. The molecule has 3 rings (SSSR count). The average Bonchev–Trinajstić information content (AvgIpc) is 3.28. The van der Waals surface area contributed by atoms with Crippen LogP contribution in [0.25, 0.3) is 0 Å². The van der Waals surface area contributed by atoms with Crippen LogP contribution in [0.5, 0.6) is 5.75 Å². The van der Waals surface area contributed by atoms with Crippen LogP contribution in [-0.4, -0.2) is 41.5 Å². The Morgan fingerprint density at radius 2 is 1.79 bits per heavy atom. The topological polar surface area (TPSA) is 107 Å². The molecule has 2 N–H and O–H groups in total. The number of halogens is 1. The van der Waals surface area contributed by atoms with Crippen molar-refractivity contribution < 1.29 is 28.2 Å². The van der Waals surface area contributed by atoms with E-state index in [0.717, 1.165) is 25.7 Å². The lowest BCUT2D eigenvalue weighted by Gasteiger charge is -2.29. The molecule has 1 aliphatic rings. The van der Waals surface area contributed by atoms with Gasteiger partial charge >= 0.3 is 5.97 Å². The number of carbonyl (C=O) groups is 3. The summed E-state index contributed by atoms with van der Waals surface area (Å²) >= 11 is 1.28. The number of nitrogens with zero attached hydrogens (tertiary/aromatic N) is 1. The van der Waals surface area contributed by atoms with E-state index in [1.807, 2.05) is 0 Å². The Morgan fingerprint density at radius 1 is 1.09 bits per heavy atom. The third-order valence-corrected chi connectivity index (χ3v) is 6.08. The number of benzene rings is 1. The molecule has 1 aromatic heterocycles. The van der Waals surface area contributed by atoms with E-state index in [4.69, 9.17) is 9.47 Å². The molecule has 1 heterocycles. The normalized spacial score (nSPS) is 17.8. The smallest absolute Gasteiger partial charge is 0.306 e. The highest BCUT2D eigenvalue weighted by molar-refractivity contribution is 7.09. The fourth-order valence-corrected chi connectivity index (χ4v) is 4.26. The van der Waals surface area contributed by atoms with Crippen LogP contribution in [0.3, 0.4) is 0 Å². The first-order chi connectivity index (χ1) is 15.9. The van der Waals surface area contributed by atoms with Crippen molar-refractivity contribution in [1.82, 2.24) is 15.6 Å². The second kappa shape index (κ2) is 12.3. The minimum Gasteiger partial charge on any atom is -0.483 e. The van der Waals surface area contributed by atoms with Gasteiger partial charge in [0.15, 0.2) is 11.6 Å². The summed E-state index contributed by atoms with van der Waals surface area (Å²) in [5.41, 5.74) is 0.307. The van der Waals surface area contributed by atoms with E-state index in [0.29, 0.717) is 17.3 Å². The predicted molar refractivity (Wildman–Crippen MR) is 120 cm³/mol. The van der Waals surface area contributed by atoms with Crippen molar-refractivity contribution in [2.24, 2.45) is 0 Å². The van der Waals surface area contributed by atoms with E-state index in [-0.39, 0.29) is 55.1 Å². The Balaban J connectivity index is 1.37. The highest BCUT2D eigenvalue weighted by Crippen LogP contribution is 2.21. The summed E-state index contributed by atoms with van der Waals surface area (Å²) < 4.78 is 23.9. The fourth-order valence-electron chi connectivity index (χ4n) is 3.57.